The van der Waals surface area contributed by atoms with E-state index in [9.17, 15) is 14.4 Å². The Hall–Kier alpha value is -2.48. The van der Waals surface area contributed by atoms with Gasteiger partial charge in [-0.3, -0.25) is 9.59 Å². The fourth-order valence-electron chi connectivity index (χ4n) is 1.56. The molecule has 0 spiro atoms. The Bertz CT molecular complexity index is 740. The number of anilines is 1. The molecule has 2 aromatic heterocycles. The van der Waals surface area contributed by atoms with Gasteiger partial charge in [0.05, 0.1) is 5.56 Å². The van der Waals surface area contributed by atoms with Crippen LogP contribution < -0.4 is 10.9 Å². The van der Waals surface area contributed by atoms with Crippen molar-refractivity contribution in [2.45, 2.75) is 6.54 Å². The second-order valence-electron chi connectivity index (χ2n) is 4.10. The van der Waals surface area contributed by atoms with Crippen LogP contribution in [-0.4, -0.2) is 26.5 Å². The molecule has 0 radical (unpaired) electrons. The van der Waals surface area contributed by atoms with Crippen molar-refractivity contribution >= 4 is 33.6 Å². The second-order valence-corrected chi connectivity index (χ2v) is 5.01. The Morgan fingerprint density at radius 2 is 2.05 bits per heavy atom. The SMILES string of the molecule is O=C(Cn1cc(Br)ccc1=O)Nc1ccc(C(=O)O)cn1. The summed E-state index contributed by atoms with van der Waals surface area (Å²) in [4.78, 5) is 37.9. The summed E-state index contributed by atoms with van der Waals surface area (Å²) in [5, 5.41) is 11.2. The van der Waals surface area contributed by atoms with E-state index < -0.39 is 11.9 Å². The van der Waals surface area contributed by atoms with Crippen molar-refractivity contribution in [3.63, 3.8) is 0 Å². The third-order valence-corrected chi connectivity index (χ3v) is 3.01. The van der Waals surface area contributed by atoms with Crippen LogP contribution in [0.15, 0.2) is 45.9 Å². The molecule has 0 unspecified atom stereocenters. The number of nitrogens with zero attached hydrogens (tertiary/aromatic N) is 2. The first kappa shape index (κ1) is 14.9. The van der Waals surface area contributed by atoms with Gasteiger partial charge in [-0.15, -0.1) is 0 Å². The van der Waals surface area contributed by atoms with Gasteiger partial charge in [-0.05, 0) is 34.1 Å². The highest BCUT2D eigenvalue weighted by Crippen LogP contribution is 2.07. The van der Waals surface area contributed by atoms with E-state index in [1.807, 2.05) is 0 Å². The van der Waals surface area contributed by atoms with E-state index in [1.54, 1.807) is 6.07 Å². The maximum Gasteiger partial charge on any atom is 0.337 e. The molecule has 0 aliphatic heterocycles. The number of carbonyl (C=O) groups excluding carboxylic acids is 1. The lowest BCUT2D eigenvalue weighted by atomic mass is 10.3. The maximum absolute atomic E-state index is 11.8. The molecule has 108 valence electrons. The standard InChI is InChI=1S/C13H10BrN3O4/c14-9-2-4-12(19)17(6-9)7-11(18)16-10-3-1-8(5-15-10)13(20)21/h1-6H,7H2,(H,20,21)(H,15,16,18). The number of hydrogen-bond acceptors (Lipinski definition) is 4. The van der Waals surface area contributed by atoms with Crippen molar-refractivity contribution in [2.75, 3.05) is 5.32 Å². The van der Waals surface area contributed by atoms with Crippen LogP contribution in [0.3, 0.4) is 0 Å². The number of aromatic carboxylic acids is 1. The number of amides is 1. The number of carboxylic acids is 1. The summed E-state index contributed by atoms with van der Waals surface area (Å²) >= 11 is 3.22. The predicted octanol–water partition coefficient (Wildman–Crippen LogP) is 1.34. The van der Waals surface area contributed by atoms with Gasteiger partial charge < -0.3 is 15.0 Å². The minimum atomic E-state index is -1.10. The third kappa shape index (κ3) is 3.99. The molecule has 0 saturated carbocycles. The first-order valence-corrected chi connectivity index (χ1v) is 6.60. The molecule has 2 heterocycles. The minimum absolute atomic E-state index is 0.0243. The molecule has 0 saturated heterocycles. The number of rotatable bonds is 4. The zero-order valence-electron chi connectivity index (χ0n) is 10.6. The Balaban J connectivity index is 2.06. The van der Waals surface area contributed by atoms with Crippen molar-refractivity contribution < 1.29 is 14.7 Å². The maximum atomic E-state index is 11.8. The number of halogens is 1. The van der Waals surface area contributed by atoms with Crippen molar-refractivity contribution in [1.29, 1.82) is 0 Å². The lowest BCUT2D eigenvalue weighted by Gasteiger charge is -2.07. The number of carbonyl (C=O) groups is 2. The molecule has 0 bridgehead atoms. The van der Waals surface area contributed by atoms with E-state index in [0.29, 0.717) is 4.47 Å². The monoisotopic (exact) mass is 351 g/mol. The molecule has 1 amide bonds. The zero-order valence-corrected chi connectivity index (χ0v) is 12.2. The van der Waals surface area contributed by atoms with Crippen molar-refractivity contribution in [3.8, 4) is 0 Å². The molecule has 7 nitrogen and oxygen atoms in total. The Kier molecular flexibility index (Phi) is 4.49. The molecule has 0 aromatic carbocycles. The minimum Gasteiger partial charge on any atom is -0.478 e. The summed E-state index contributed by atoms with van der Waals surface area (Å²) in [5.41, 5.74) is -0.279. The molecule has 21 heavy (non-hydrogen) atoms. The fourth-order valence-corrected chi connectivity index (χ4v) is 1.94. The molecule has 0 atom stereocenters. The highest BCUT2D eigenvalue weighted by molar-refractivity contribution is 9.10. The van der Waals surface area contributed by atoms with Gasteiger partial charge in [-0.2, -0.15) is 0 Å². The van der Waals surface area contributed by atoms with Crippen molar-refractivity contribution in [2.24, 2.45) is 0 Å². The first-order valence-electron chi connectivity index (χ1n) is 5.81. The van der Waals surface area contributed by atoms with Gasteiger partial charge in [-0.1, -0.05) is 0 Å². The molecular formula is C13H10BrN3O4. The average Bonchev–Trinajstić information content (AvgIpc) is 2.43. The molecule has 2 N–H and O–H groups in total. The normalized spacial score (nSPS) is 10.1. The van der Waals surface area contributed by atoms with Gasteiger partial charge in [0.15, 0.2) is 0 Å². The van der Waals surface area contributed by atoms with Crippen LogP contribution in [0.5, 0.6) is 0 Å². The van der Waals surface area contributed by atoms with Crippen LogP contribution in [0, 0.1) is 0 Å². The van der Waals surface area contributed by atoms with Gasteiger partial charge in [0, 0.05) is 22.9 Å². The number of nitrogens with one attached hydrogen (secondary N) is 1. The summed E-state index contributed by atoms with van der Waals surface area (Å²) in [5.74, 6) is -1.32. The summed E-state index contributed by atoms with van der Waals surface area (Å²) in [6.45, 7) is -0.166. The highest BCUT2D eigenvalue weighted by atomic mass is 79.9. The van der Waals surface area contributed by atoms with Crippen LogP contribution in [0.2, 0.25) is 0 Å². The van der Waals surface area contributed by atoms with Gasteiger partial charge in [-0.25, -0.2) is 9.78 Å². The number of pyridine rings is 2. The number of aromatic nitrogens is 2. The van der Waals surface area contributed by atoms with Gasteiger partial charge in [0.2, 0.25) is 5.91 Å². The lowest BCUT2D eigenvalue weighted by Crippen LogP contribution is -2.27. The Morgan fingerprint density at radius 1 is 1.29 bits per heavy atom. The van der Waals surface area contributed by atoms with Crippen molar-refractivity contribution in [1.82, 2.24) is 9.55 Å². The van der Waals surface area contributed by atoms with E-state index in [1.165, 1.54) is 29.0 Å². The van der Waals surface area contributed by atoms with E-state index in [-0.39, 0.29) is 23.5 Å². The molecule has 0 fully saturated rings. The average molecular weight is 352 g/mol. The van der Waals surface area contributed by atoms with Gasteiger partial charge in [0.25, 0.3) is 5.56 Å². The van der Waals surface area contributed by atoms with Crippen LogP contribution in [0.1, 0.15) is 10.4 Å². The number of hydrogen-bond donors (Lipinski definition) is 2. The van der Waals surface area contributed by atoms with Gasteiger partial charge >= 0.3 is 5.97 Å². The highest BCUT2D eigenvalue weighted by Gasteiger charge is 2.08. The summed E-state index contributed by atoms with van der Waals surface area (Å²) in [7, 11) is 0. The predicted molar refractivity (Wildman–Crippen MR) is 78.2 cm³/mol. The number of carboxylic acid groups (broad SMARTS) is 1. The molecule has 2 aromatic rings. The summed E-state index contributed by atoms with van der Waals surface area (Å²) < 4.78 is 1.92. The van der Waals surface area contributed by atoms with Crippen LogP contribution >= 0.6 is 15.9 Å². The smallest absolute Gasteiger partial charge is 0.337 e. The molecule has 0 aliphatic rings. The lowest BCUT2D eigenvalue weighted by molar-refractivity contribution is -0.116. The van der Waals surface area contributed by atoms with Crippen LogP contribution in [0.4, 0.5) is 5.82 Å². The zero-order chi connectivity index (χ0) is 15.4. The molecule has 2 rings (SSSR count). The second kappa shape index (κ2) is 6.31. The van der Waals surface area contributed by atoms with E-state index >= 15 is 0 Å². The Morgan fingerprint density at radius 3 is 2.67 bits per heavy atom. The van der Waals surface area contributed by atoms with E-state index in [4.69, 9.17) is 5.11 Å². The van der Waals surface area contributed by atoms with E-state index in [0.717, 1.165) is 6.20 Å². The first-order chi connectivity index (χ1) is 9.95. The summed E-state index contributed by atoms with van der Waals surface area (Å²) in [6, 6.07) is 5.64. The van der Waals surface area contributed by atoms with E-state index in [2.05, 4.69) is 26.2 Å². The quantitative estimate of drug-likeness (QED) is 0.865. The molecular weight excluding hydrogens is 342 g/mol. The van der Waals surface area contributed by atoms with Crippen LogP contribution in [0.25, 0.3) is 0 Å². The summed E-state index contributed by atoms with van der Waals surface area (Å²) in [6.07, 6.45) is 2.64. The van der Waals surface area contributed by atoms with Crippen LogP contribution in [-0.2, 0) is 11.3 Å². The van der Waals surface area contributed by atoms with Crippen molar-refractivity contribution in [3.05, 3.63) is 57.0 Å². The molecule has 8 heteroatoms. The topological polar surface area (TPSA) is 101 Å². The Labute approximate surface area is 127 Å². The fraction of sp³-hybridized carbons (Fsp3) is 0.0769. The van der Waals surface area contributed by atoms with Gasteiger partial charge in [0.1, 0.15) is 12.4 Å². The largest absolute Gasteiger partial charge is 0.478 e. The molecule has 0 aliphatic carbocycles. The third-order valence-electron chi connectivity index (χ3n) is 2.54.